The van der Waals surface area contributed by atoms with E-state index in [1.807, 2.05) is 44.2 Å². The predicted molar refractivity (Wildman–Crippen MR) is 110 cm³/mol. The first-order chi connectivity index (χ1) is 12.8. The van der Waals surface area contributed by atoms with E-state index in [4.69, 9.17) is 23.2 Å². The molecule has 2 aromatic carbocycles. The van der Waals surface area contributed by atoms with E-state index in [0.717, 1.165) is 16.7 Å². The zero-order chi connectivity index (χ0) is 20.0. The van der Waals surface area contributed by atoms with Gasteiger partial charge in [0.15, 0.2) is 0 Å². The fourth-order valence-corrected chi connectivity index (χ4v) is 3.34. The third kappa shape index (κ3) is 5.72. The number of hydrogen-bond donors (Lipinski definition) is 1. The molecule has 0 saturated carbocycles. The lowest BCUT2D eigenvalue weighted by Gasteiger charge is -2.30. The molecule has 144 valence electrons. The number of nitrogens with zero attached hydrogens (tertiary/aromatic N) is 1. The van der Waals surface area contributed by atoms with E-state index in [-0.39, 0.29) is 24.8 Å². The smallest absolute Gasteiger partial charge is 0.242 e. The summed E-state index contributed by atoms with van der Waals surface area (Å²) in [7, 11) is 1.58. The number of halogens is 2. The third-order valence-corrected chi connectivity index (χ3v) is 5.15. The summed E-state index contributed by atoms with van der Waals surface area (Å²) in [6.07, 6.45) is 0.747. The van der Waals surface area contributed by atoms with Crippen LogP contribution in [0.1, 0.15) is 30.0 Å². The Bertz CT molecular complexity index is 824. The standard InChI is InChI=1S/C21H24Cl2N2O2/c1-4-19(21(27)24-3)25(13-16-8-9-17(22)18(23)11-16)20(26)12-15-7-5-6-14(2)10-15/h5-11,19H,4,12-13H2,1-3H3,(H,24,27)/t19-/m1/s1. The summed E-state index contributed by atoms with van der Waals surface area (Å²) in [6, 6.07) is 12.5. The van der Waals surface area contributed by atoms with Crippen molar-refractivity contribution in [2.45, 2.75) is 39.3 Å². The lowest BCUT2D eigenvalue weighted by Crippen LogP contribution is -2.48. The molecule has 1 atom stereocenters. The van der Waals surface area contributed by atoms with Gasteiger partial charge >= 0.3 is 0 Å². The van der Waals surface area contributed by atoms with Gasteiger partial charge < -0.3 is 10.2 Å². The van der Waals surface area contributed by atoms with E-state index in [1.54, 1.807) is 24.1 Å². The quantitative estimate of drug-likeness (QED) is 0.740. The number of likely N-dealkylation sites (N-methyl/N-ethyl adjacent to an activating group) is 1. The van der Waals surface area contributed by atoms with Crippen LogP contribution in [-0.2, 0) is 22.6 Å². The Morgan fingerprint density at radius 1 is 1.07 bits per heavy atom. The first-order valence-electron chi connectivity index (χ1n) is 8.86. The highest BCUT2D eigenvalue weighted by molar-refractivity contribution is 6.42. The molecule has 0 radical (unpaired) electrons. The molecule has 4 nitrogen and oxygen atoms in total. The van der Waals surface area contributed by atoms with Crippen LogP contribution in [0.4, 0.5) is 0 Å². The zero-order valence-electron chi connectivity index (χ0n) is 15.8. The summed E-state index contributed by atoms with van der Waals surface area (Å²) in [6.45, 7) is 4.16. The molecular formula is C21H24Cl2N2O2. The normalized spacial score (nSPS) is 11.7. The van der Waals surface area contributed by atoms with Crippen molar-refractivity contribution < 1.29 is 9.59 Å². The number of hydrogen-bond acceptors (Lipinski definition) is 2. The monoisotopic (exact) mass is 406 g/mol. The highest BCUT2D eigenvalue weighted by Crippen LogP contribution is 2.24. The van der Waals surface area contributed by atoms with Crippen molar-refractivity contribution in [2.24, 2.45) is 0 Å². The maximum Gasteiger partial charge on any atom is 0.242 e. The number of benzene rings is 2. The molecule has 0 aromatic heterocycles. The molecule has 27 heavy (non-hydrogen) atoms. The SMILES string of the molecule is CC[C@H](C(=O)NC)N(Cc1ccc(Cl)c(Cl)c1)C(=O)Cc1cccc(C)c1. The zero-order valence-corrected chi connectivity index (χ0v) is 17.3. The maximum atomic E-state index is 13.1. The molecule has 0 unspecified atom stereocenters. The van der Waals surface area contributed by atoms with Crippen LogP contribution in [0.5, 0.6) is 0 Å². The Morgan fingerprint density at radius 2 is 1.81 bits per heavy atom. The van der Waals surface area contributed by atoms with Gasteiger partial charge in [0.2, 0.25) is 11.8 Å². The molecule has 0 aliphatic rings. The highest BCUT2D eigenvalue weighted by Gasteiger charge is 2.28. The Hall–Kier alpha value is -2.04. The van der Waals surface area contributed by atoms with Gasteiger partial charge in [-0.1, -0.05) is 66.0 Å². The third-order valence-electron chi connectivity index (χ3n) is 4.41. The van der Waals surface area contributed by atoms with E-state index in [9.17, 15) is 9.59 Å². The van der Waals surface area contributed by atoms with Crippen molar-refractivity contribution in [3.63, 3.8) is 0 Å². The Kier molecular flexibility index (Phi) is 7.69. The molecule has 0 spiro atoms. The van der Waals surface area contributed by atoms with Crippen LogP contribution >= 0.6 is 23.2 Å². The van der Waals surface area contributed by atoms with Crippen molar-refractivity contribution >= 4 is 35.0 Å². The van der Waals surface area contributed by atoms with Crippen molar-refractivity contribution in [3.8, 4) is 0 Å². The Morgan fingerprint density at radius 3 is 2.41 bits per heavy atom. The van der Waals surface area contributed by atoms with Gasteiger partial charge in [-0.3, -0.25) is 9.59 Å². The second-order valence-corrected chi connectivity index (χ2v) is 7.29. The van der Waals surface area contributed by atoms with Crippen LogP contribution in [0.25, 0.3) is 0 Å². The molecule has 2 rings (SSSR count). The maximum absolute atomic E-state index is 13.1. The number of carbonyl (C=O) groups is 2. The van der Waals surface area contributed by atoms with Crippen molar-refractivity contribution in [2.75, 3.05) is 7.05 Å². The van der Waals surface area contributed by atoms with Gasteiger partial charge in [0.25, 0.3) is 0 Å². The lowest BCUT2D eigenvalue weighted by atomic mass is 10.1. The first kappa shape index (κ1) is 21.3. The van der Waals surface area contributed by atoms with Gasteiger partial charge in [-0.15, -0.1) is 0 Å². The molecule has 1 N–H and O–H groups in total. The molecule has 2 aromatic rings. The highest BCUT2D eigenvalue weighted by atomic mass is 35.5. The molecule has 0 saturated heterocycles. The number of rotatable bonds is 7. The second-order valence-electron chi connectivity index (χ2n) is 6.47. The largest absolute Gasteiger partial charge is 0.357 e. The molecule has 2 amide bonds. The summed E-state index contributed by atoms with van der Waals surface area (Å²) in [4.78, 5) is 27.1. The van der Waals surface area contributed by atoms with E-state index >= 15 is 0 Å². The van der Waals surface area contributed by atoms with E-state index < -0.39 is 6.04 Å². The van der Waals surface area contributed by atoms with E-state index in [0.29, 0.717) is 16.5 Å². The fourth-order valence-electron chi connectivity index (χ4n) is 3.02. The Balaban J connectivity index is 2.31. The molecule has 0 aliphatic carbocycles. The van der Waals surface area contributed by atoms with Crippen LogP contribution < -0.4 is 5.32 Å². The molecule has 0 heterocycles. The minimum atomic E-state index is -0.554. The number of carbonyl (C=O) groups excluding carboxylic acids is 2. The first-order valence-corrected chi connectivity index (χ1v) is 9.61. The van der Waals surface area contributed by atoms with Crippen molar-refractivity contribution in [1.82, 2.24) is 10.2 Å². The van der Waals surface area contributed by atoms with Gasteiger partial charge in [0.05, 0.1) is 16.5 Å². The summed E-state index contributed by atoms with van der Waals surface area (Å²) in [5.41, 5.74) is 2.84. The van der Waals surface area contributed by atoms with Crippen LogP contribution in [0.3, 0.4) is 0 Å². The number of amides is 2. The van der Waals surface area contributed by atoms with E-state index in [2.05, 4.69) is 5.32 Å². The summed E-state index contributed by atoms with van der Waals surface area (Å²) in [5.74, 6) is -0.294. The molecule has 6 heteroatoms. The summed E-state index contributed by atoms with van der Waals surface area (Å²) >= 11 is 12.1. The average molecular weight is 407 g/mol. The Labute approximate surface area is 170 Å². The molecule has 0 bridgehead atoms. The van der Waals surface area contributed by atoms with Crippen molar-refractivity contribution in [3.05, 3.63) is 69.2 Å². The van der Waals surface area contributed by atoms with Crippen LogP contribution in [0.2, 0.25) is 10.0 Å². The summed E-state index contributed by atoms with van der Waals surface area (Å²) < 4.78 is 0. The van der Waals surface area contributed by atoms with Gasteiger partial charge in [-0.2, -0.15) is 0 Å². The summed E-state index contributed by atoms with van der Waals surface area (Å²) in [5, 5.41) is 3.53. The minimum absolute atomic E-state index is 0.109. The van der Waals surface area contributed by atoms with E-state index in [1.165, 1.54) is 0 Å². The average Bonchev–Trinajstić information content (AvgIpc) is 2.64. The number of nitrogens with one attached hydrogen (secondary N) is 1. The minimum Gasteiger partial charge on any atom is -0.357 e. The fraction of sp³-hybridized carbons (Fsp3) is 0.333. The van der Waals surface area contributed by atoms with Crippen LogP contribution in [0.15, 0.2) is 42.5 Å². The molecule has 0 fully saturated rings. The molecular weight excluding hydrogens is 383 g/mol. The predicted octanol–water partition coefficient (Wildman–Crippen LogP) is 4.40. The van der Waals surface area contributed by atoms with Gasteiger partial charge in [0, 0.05) is 13.6 Å². The van der Waals surface area contributed by atoms with Crippen molar-refractivity contribution in [1.29, 1.82) is 0 Å². The molecule has 0 aliphatic heterocycles. The van der Waals surface area contributed by atoms with Gasteiger partial charge in [-0.05, 0) is 36.6 Å². The second kappa shape index (κ2) is 9.77. The van der Waals surface area contributed by atoms with Crippen LogP contribution in [0, 0.1) is 6.92 Å². The topological polar surface area (TPSA) is 49.4 Å². The van der Waals surface area contributed by atoms with Crippen LogP contribution in [-0.4, -0.2) is 29.8 Å². The lowest BCUT2D eigenvalue weighted by molar-refractivity contribution is -0.140. The van der Waals surface area contributed by atoms with Gasteiger partial charge in [0.1, 0.15) is 6.04 Å². The number of aryl methyl sites for hydroxylation is 1. The van der Waals surface area contributed by atoms with Gasteiger partial charge in [-0.25, -0.2) is 0 Å².